The summed E-state index contributed by atoms with van der Waals surface area (Å²) in [6.07, 6.45) is 2.88. The van der Waals surface area contributed by atoms with Gasteiger partial charge in [0.1, 0.15) is 0 Å². The Morgan fingerprint density at radius 2 is 2.06 bits per heavy atom. The summed E-state index contributed by atoms with van der Waals surface area (Å²) in [6, 6.07) is 11.6. The largest absolute Gasteiger partial charge is 0.396 e. The van der Waals surface area contributed by atoms with Gasteiger partial charge in [0.05, 0.1) is 27.7 Å². The van der Waals surface area contributed by atoms with E-state index in [9.17, 15) is 17.9 Å². The van der Waals surface area contributed by atoms with Gasteiger partial charge in [0.2, 0.25) is 10.0 Å². The lowest BCUT2D eigenvalue weighted by Crippen LogP contribution is -2.32. The number of sulfonamides is 1. The van der Waals surface area contributed by atoms with Crippen LogP contribution in [-0.4, -0.2) is 35.3 Å². The van der Waals surface area contributed by atoms with Crippen molar-refractivity contribution in [3.63, 3.8) is 0 Å². The number of fused-ring (bicyclic) bond motifs is 1. The Hall–Kier alpha value is -2.63. The second kappa shape index (κ2) is 9.68. The standard InChI is InChI=1S/C25H24ClFN4O3S2/c1-13(12-32)14-7-8-29-20(9-14)17-4-2-3-15-10-21(35-24(15)17)23(31-36(33,34)16-5-6-16)22-18(26)11-19(27)25(28)30-22/h2-4,7-11,13,16,23,31-32H,5-6,12H2,1H3,(H2,28,30). The lowest BCUT2D eigenvalue weighted by Gasteiger charge is -2.19. The Kier molecular flexibility index (Phi) is 6.73. The summed E-state index contributed by atoms with van der Waals surface area (Å²) >= 11 is 7.72. The van der Waals surface area contributed by atoms with Gasteiger partial charge in [0.15, 0.2) is 11.6 Å². The maximum absolute atomic E-state index is 14.0. The van der Waals surface area contributed by atoms with Crippen LogP contribution in [0.4, 0.5) is 10.2 Å². The highest BCUT2D eigenvalue weighted by Crippen LogP contribution is 2.41. The molecule has 188 valence electrons. The van der Waals surface area contributed by atoms with Gasteiger partial charge in [0.25, 0.3) is 0 Å². The summed E-state index contributed by atoms with van der Waals surface area (Å²) in [7, 11) is -3.65. The number of hydrogen-bond acceptors (Lipinski definition) is 7. The molecule has 11 heteroatoms. The molecule has 3 heterocycles. The molecule has 0 spiro atoms. The van der Waals surface area contributed by atoms with Crippen LogP contribution in [0.2, 0.25) is 5.02 Å². The third-order valence-electron chi connectivity index (χ3n) is 6.25. The van der Waals surface area contributed by atoms with Gasteiger partial charge in [-0.3, -0.25) is 4.98 Å². The van der Waals surface area contributed by atoms with Crippen LogP contribution in [-0.2, 0) is 10.0 Å². The Labute approximate surface area is 217 Å². The number of halogens is 2. The Balaban J connectivity index is 1.64. The molecule has 1 aliphatic rings. The summed E-state index contributed by atoms with van der Waals surface area (Å²) in [5, 5.41) is 9.96. The number of rotatable bonds is 8. The van der Waals surface area contributed by atoms with Crippen LogP contribution in [0.3, 0.4) is 0 Å². The predicted molar refractivity (Wildman–Crippen MR) is 141 cm³/mol. The summed E-state index contributed by atoms with van der Waals surface area (Å²) in [4.78, 5) is 9.30. The smallest absolute Gasteiger partial charge is 0.215 e. The molecule has 1 saturated carbocycles. The van der Waals surface area contributed by atoms with E-state index in [0.29, 0.717) is 17.7 Å². The molecule has 3 aromatic heterocycles. The van der Waals surface area contributed by atoms with E-state index in [4.69, 9.17) is 17.3 Å². The highest BCUT2D eigenvalue weighted by atomic mass is 35.5. The van der Waals surface area contributed by atoms with Gasteiger partial charge in [-0.2, -0.15) is 0 Å². The first-order valence-electron chi connectivity index (χ1n) is 11.4. The van der Waals surface area contributed by atoms with Crippen LogP contribution in [0.25, 0.3) is 21.3 Å². The maximum atomic E-state index is 14.0. The van der Waals surface area contributed by atoms with Crippen molar-refractivity contribution in [1.82, 2.24) is 14.7 Å². The van der Waals surface area contributed by atoms with Crippen LogP contribution in [0.5, 0.6) is 0 Å². The van der Waals surface area contributed by atoms with Crippen molar-refractivity contribution in [3.05, 3.63) is 75.6 Å². The normalized spacial score (nSPS) is 15.8. The molecule has 1 fully saturated rings. The molecular weight excluding hydrogens is 523 g/mol. The molecule has 4 N–H and O–H groups in total. The van der Waals surface area contributed by atoms with Crippen LogP contribution in [0, 0.1) is 5.82 Å². The lowest BCUT2D eigenvalue weighted by atomic mass is 10.00. The highest BCUT2D eigenvalue weighted by Gasteiger charge is 2.39. The zero-order valence-corrected chi connectivity index (χ0v) is 21.7. The predicted octanol–water partition coefficient (Wildman–Crippen LogP) is 5.00. The first kappa shape index (κ1) is 25.0. The Bertz CT molecular complexity index is 1560. The number of nitrogen functional groups attached to an aromatic ring is 1. The minimum atomic E-state index is -3.65. The molecular formula is C25H24ClFN4O3S2. The third kappa shape index (κ3) is 4.83. The van der Waals surface area contributed by atoms with E-state index in [1.807, 2.05) is 43.3 Å². The third-order valence-corrected chi connectivity index (χ3v) is 9.72. The fourth-order valence-electron chi connectivity index (χ4n) is 4.02. The van der Waals surface area contributed by atoms with E-state index in [-0.39, 0.29) is 29.1 Å². The first-order chi connectivity index (χ1) is 17.2. The molecule has 7 nitrogen and oxygen atoms in total. The van der Waals surface area contributed by atoms with Crippen LogP contribution in [0.15, 0.2) is 48.7 Å². The minimum Gasteiger partial charge on any atom is -0.396 e. The SMILES string of the molecule is CC(CO)c1ccnc(-c2cccc3cc(C(NS(=O)(=O)C4CC4)c4nc(N)c(F)cc4Cl)sc23)c1. The summed E-state index contributed by atoms with van der Waals surface area (Å²) in [6.45, 7) is 1.96. The van der Waals surface area contributed by atoms with Gasteiger partial charge >= 0.3 is 0 Å². The summed E-state index contributed by atoms with van der Waals surface area (Å²) in [5.41, 5.74) is 8.44. The van der Waals surface area contributed by atoms with Crippen molar-refractivity contribution in [2.45, 2.75) is 37.0 Å². The molecule has 1 aliphatic carbocycles. The number of pyridine rings is 2. The molecule has 2 unspecified atom stereocenters. The van der Waals surface area contributed by atoms with Gasteiger partial charge < -0.3 is 10.8 Å². The number of aliphatic hydroxyl groups is 1. The number of anilines is 1. The summed E-state index contributed by atoms with van der Waals surface area (Å²) < 4.78 is 43.5. The van der Waals surface area contributed by atoms with Crippen LogP contribution >= 0.6 is 22.9 Å². The van der Waals surface area contributed by atoms with E-state index >= 15 is 0 Å². The van der Waals surface area contributed by atoms with Crippen molar-refractivity contribution in [3.8, 4) is 11.3 Å². The molecule has 1 aromatic carbocycles. The zero-order valence-electron chi connectivity index (χ0n) is 19.3. The zero-order chi connectivity index (χ0) is 25.6. The fourth-order valence-corrected chi connectivity index (χ4v) is 7.09. The van der Waals surface area contributed by atoms with Gasteiger partial charge in [-0.25, -0.2) is 22.5 Å². The number of nitrogens with one attached hydrogen (secondary N) is 1. The van der Waals surface area contributed by atoms with Crippen molar-refractivity contribution in [1.29, 1.82) is 0 Å². The number of nitrogens with two attached hydrogens (primary N) is 1. The molecule has 0 bridgehead atoms. The number of benzene rings is 1. The number of thiophene rings is 1. The minimum absolute atomic E-state index is 0.0183. The molecule has 0 aliphatic heterocycles. The fraction of sp³-hybridized carbons (Fsp3) is 0.280. The molecule has 36 heavy (non-hydrogen) atoms. The van der Waals surface area contributed by atoms with Gasteiger partial charge in [-0.05, 0) is 48.1 Å². The number of aliphatic hydroxyl groups excluding tert-OH is 1. The quantitative estimate of drug-likeness (QED) is 0.286. The Morgan fingerprint density at radius 3 is 2.78 bits per heavy atom. The van der Waals surface area contributed by atoms with E-state index < -0.39 is 27.1 Å². The molecule has 0 saturated heterocycles. The van der Waals surface area contributed by atoms with E-state index in [1.165, 1.54) is 11.3 Å². The first-order valence-corrected chi connectivity index (χ1v) is 14.1. The van der Waals surface area contributed by atoms with E-state index in [1.54, 1.807) is 6.20 Å². The lowest BCUT2D eigenvalue weighted by molar-refractivity contribution is 0.273. The van der Waals surface area contributed by atoms with Gasteiger partial charge in [-0.15, -0.1) is 11.3 Å². The van der Waals surface area contributed by atoms with Crippen molar-refractivity contribution < 1.29 is 17.9 Å². The van der Waals surface area contributed by atoms with Crippen LogP contribution in [0.1, 0.15) is 47.9 Å². The molecule has 0 amide bonds. The van der Waals surface area contributed by atoms with Gasteiger partial charge in [0, 0.05) is 33.9 Å². The number of hydrogen-bond donors (Lipinski definition) is 3. The molecule has 2 atom stereocenters. The second-order valence-electron chi connectivity index (χ2n) is 8.95. The Morgan fingerprint density at radius 1 is 1.28 bits per heavy atom. The molecule has 0 radical (unpaired) electrons. The topological polar surface area (TPSA) is 118 Å². The monoisotopic (exact) mass is 546 g/mol. The maximum Gasteiger partial charge on any atom is 0.215 e. The molecule has 4 aromatic rings. The van der Waals surface area contributed by atoms with Crippen molar-refractivity contribution in [2.75, 3.05) is 12.3 Å². The average molecular weight is 547 g/mol. The number of nitrogens with zero attached hydrogens (tertiary/aromatic N) is 2. The van der Waals surface area contributed by atoms with E-state index in [0.717, 1.165) is 33.0 Å². The second-order valence-corrected chi connectivity index (χ2v) is 12.4. The van der Waals surface area contributed by atoms with Crippen molar-refractivity contribution >= 4 is 48.9 Å². The van der Waals surface area contributed by atoms with E-state index in [2.05, 4.69) is 14.7 Å². The van der Waals surface area contributed by atoms with Crippen molar-refractivity contribution in [2.24, 2.45) is 0 Å². The highest BCUT2D eigenvalue weighted by molar-refractivity contribution is 7.90. The van der Waals surface area contributed by atoms with Crippen LogP contribution < -0.4 is 10.5 Å². The average Bonchev–Trinajstić information content (AvgIpc) is 3.64. The summed E-state index contributed by atoms with van der Waals surface area (Å²) in [5.74, 6) is -1.16. The molecule has 5 rings (SSSR count). The van der Waals surface area contributed by atoms with Gasteiger partial charge in [-0.1, -0.05) is 36.7 Å². The number of aromatic nitrogens is 2.